The highest BCUT2D eigenvalue weighted by Crippen LogP contribution is 2.25. The molecule has 0 spiro atoms. The minimum Gasteiger partial charge on any atom is -0.492 e. The van der Waals surface area contributed by atoms with Crippen LogP contribution in [0.1, 0.15) is 5.56 Å². The van der Waals surface area contributed by atoms with Crippen molar-refractivity contribution < 1.29 is 9.47 Å². The van der Waals surface area contributed by atoms with E-state index in [1.807, 2.05) is 48.5 Å². The molecule has 1 N–H and O–H groups in total. The summed E-state index contributed by atoms with van der Waals surface area (Å²) in [4.78, 5) is 0. The van der Waals surface area contributed by atoms with Crippen LogP contribution in [0.5, 0.6) is 11.5 Å². The first-order valence-electron chi connectivity index (χ1n) is 7.22. The van der Waals surface area contributed by atoms with E-state index in [1.165, 1.54) is 5.57 Å². The fraction of sp³-hybridized carbons (Fsp3) is 0.222. The smallest absolute Gasteiger partial charge is 0.127 e. The molecule has 0 saturated carbocycles. The fourth-order valence-corrected chi connectivity index (χ4v) is 2.27. The monoisotopic (exact) mass is 281 g/mol. The molecule has 0 saturated heterocycles. The first-order chi connectivity index (χ1) is 10.4. The van der Waals surface area contributed by atoms with Crippen LogP contribution in [0.15, 0.2) is 60.2 Å². The second-order valence-electron chi connectivity index (χ2n) is 4.97. The van der Waals surface area contributed by atoms with Gasteiger partial charge >= 0.3 is 0 Å². The van der Waals surface area contributed by atoms with Crippen LogP contribution in [-0.2, 0) is 0 Å². The standard InChI is InChI=1S/C18H19NO2/c1-2-7-17(8-3-1)20-11-10-19-13-15-12-16-6-4-5-9-18(16)21-14-15/h1-9,12,19H,10-11,13-14H2. The van der Waals surface area contributed by atoms with E-state index in [2.05, 4.69) is 17.5 Å². The van der Waals surface area contributed by atoms with Crippen molar-refractivity contribution in [2.75, 3.05) is 26.3 Å². The van der Waals surface area contributed by atoms with Crippen molar-refractivity contribution in [2.24, 2.45) is 0 Å². The summed E-state index contributed by atoms with van der Waals surface area (Å²) in [6.07, 6.45) is 2.20. The zero-order valence-electron chi connectivity index (χ0n) is 11.9. The third-order valence-corrected chi connectivity index (χ3v) is 3.33. The van der Waals surface area contributed by atoms with Gasteiger partial charge in [-0.25, -0.2) is 0 Å². The Kier molecular flexibility index (Phi) is 4.54. The van der Waals surface area contributed by atoms with E-state index in [4.69, 9.17) is 9.47 Å². The largest absolute Gasteiger partial charge is 0.492 e. The molecule has 1 aliphatic rings. The Morgan fingerprint density at radius 1 is 1.00 bits per heavy atom. The number of nitrogens with one attached hydrogen (secondary N) is 1. The van der Waals surface area contributed by atoms with Crippen LogP contribution in [0.25, 0.3) is 6.08 Å². The summed E-state index contributed by atoms with van der Waals surface area (Å²) in [7, 11) is 0. The second kappa shape index (κ2) is 6.95. The summed E-state index contributed by atoms with van der Waals surface area (Å²) < 4.78 is 11.4. The highest BCUT2D eigenvalue weighted by atomic mass is 16.5. The lowest BCUT2D eigenvalue weighted by molar-refractivity contribution is 0.312. The van der Waals surface area contributed by atoms with Gasteiger partial charge in [-0.1, -0.05) is 36.4 Å². The Labute approximate surface area is 125 Å². The zero-order chi connectivity index (χ0) is 14.3. The van der Waals surface area contributed by atoms with E-state index >= 15 is 0 Å². The van der Waals surface area contributed by atoms with Crippen LogP contribution in [0.4, 0.5) is 0 Å². The SMILES string of the molecule is C1=C(CNCCOc2ccccc2)COc2ccccc21. The molecule has 3 heteroatoms. The van der Waals surface area contributed by atoms with Crippen LogP contribution in [0, 0.1) is 0 Å². The zero-order valence-corrected chi connectivity index (χ0v) is 11.9. The second-order valence-corrected chi connectivity index (χ2v) is 4.97. The lowest BCUT2D eigenvalue weighted by atomic mass is 10.1. The van der Waals surface area contributed by atoms with E-state index in [0.717, 1.165) is 30.2 Å². The molecule has 0 aromatic heterocycles. The Morgan fingerprint density at radius 2 is 1.81 bits per heavy atom. The van der Waals surface area contributed by atoms with Gasteiger partial charge in [-0.3, -0.25) is 0 Å². The summed E-state index contributed by atoms with van der Waals surface area (Å²) in [6, 6.07) is 18.0. The van der Waals surface area contributed by atoms with Crippen LogP contribution in [0.2, 0.25) is 0 Å². The number of hydrogen-bond donors (Lipinski definition) is 1. The molecule has 0 radical (unpaired) electrons. The summed E-state index contributed by atoms with van der Waals surface area (Å²) in [5.74, 6) is 1.88. The van der Waals surface area contributed by atoms with Crippen LogP contribution in [0.3, 0.4) is 0 Å². The molecule has 2 aromatic carbocycles. The Hall–Kier alpha value is -2.26. The van der Waals surface area contributed by atoms with Crippen molar-refractivity contribution in [1.29, 1.82) is 0 Å². The van der Waals surface area contributed by atoms with E-state index in [-0.39, 0.29) is 0 Å². The Morgan fingerprint density at radius 3 is 2.71 bits per heavy atom. The van der Waals surface area contributed by atoms with Crippen molar-refractivity contribution in [3.05, 3.63) is 65.7 Å². The van der Waals surface area contributed by atoms with Gasteiger partial charge in [0, 0.05) is 18.7 Å². The number of ether oxygens (including phenoxy) is 2. The first kappa shape index (κ1) is 13.7. The highest BCUT2D eigenvalue weighted by Gasteiger charge is 2.09. The topological polar surface area (TPSA) is 30.5 Å². The van der Waals surface area contributed by atoms with Crippen LogP contribution >= 0.6 is 0 Å². The molecule has 0 fully saturated rings. The quantitative estimate of drug-likeness (QED) is 0.825. The predicted molar refractivity (Wildman–Crippen MR) is 84.7 cm³/mol. The highest BCUT2D eigenvalue weighted by molar-refractivity contribution is 5.62. The number of hydrogen-bond acceptors (Lipinski definition) is 3. The van der Waals surface area contributed by atoms with E-state index in [0.29, 0.717) is 13.2 Å². The van der Waals surface area contributed by atoms with Gasteiger partial charge in [0.15, 0.2) is 0 Å². The maximum Gasteiger partial charge on any atom is 0.127 e. The summed E-state index contributed by atoms with van der Waals surface area (Å²) in [6.45, 7) is 2.96. The molecule has 0 bridgehead atoms. The molecule has 3 rings (SSSR count). The Balaban J connectivity index is 1.41. The molecule has 21 heavy (non-hydrogen) atoms. The van der Waals surface area contributed by atoms with E-state index in [9.17, 15) is 0 Å². The molecule has 0 unspecified atom stereocenters. The van der Waals surface area contributed by atoms with Gasteiger partial charge in [-0.2, -0.15) is 0 Å². The molecule has 108 valence electrons. The molecule has 0 aliphatic carbocycles. The molecule has 1 aliphatic heterocycles. The molecule has 3 nitrogen and oxygen atoms in total. The van der Waals surface area contributed by atoms with Gasteiger partial charge in [0.05, 0.1) is 0 Å². The third-order valence-electron chi connectivity index (χ3n) is 3.33. The van der Waals surface area contributed by atoms with Crippen molar-refractivity contribution >= 4 is 6.08 Å². The minimum absolute atomic E-state index is 0.656. The average Bonchev–Trinajstić information content (AvgIpc) is 2.55. The first-order valence-corrected chi connectivity index (χ1v) is 7.22. The van der Waals surface area contributed by atoms with Crippen LogP contribution in [-0.4, -0.2) is 26.3 Å². The lowest BCUT2D eigenvalue weighted by Crippen LogP contribution is -2.25. The predicted octanol–water partition coefficient (Wildman–Crippen LogP) is 3.13. The van der Waals surface area contributed by atoms with Gasteiger partial charge in [0.1, 0.15) is 24.7 Å². The van der Waals surface area contributed by atoms with Gasteiger partial charge < -0.3 is 14.8 Å². The van der Waals surface area contributed by atoms with Crippen molar-refractivity contribution in [1.82, 2.24) is 5.32 Å². The number of rotatable bonds is 6. The molecular weight excluding hydrogens is 262 g/mol. The van der Waals surface area contributed by atoms with Crippen LogP contribution < -0.4 is 14.8 Å². The molecular formula is C18H19NO2. The fourth-order valence-electron chi connectivity index (χ4n) is 2.27. The minimum atomic E-state index is 0.656. The molecule has 2 aromatic rings. The normalized spacial score (nSPS) is 13.0. The van der Waals surface area contributed by atoms with Gasteiger partial charge in [0.25, 0.3) is 0 Å². The van der Waals surface area contributed by atoms with Crippen molar-refractivity contribution in [3.63, 3.8) is 0 Å². The number of para-hydroxylation sites is 2. The third kappa shape index (κ3) is 3.86. The van der Waals surface area contributed by atoms with Crippen molar-refractivity contribution in [3.8, 4) is 11.5 Å². The summed E-state index contributed by atoms with van der Waals surface area (Å²) in [5, 5.41) is 3.38. The number of fused-ring (bicyclic) bond motifs is 1. The van der Waals surface area contributed by atoms with Crippen molar-refractivity contribution in [2.45, 2.75) is 0 Å². The average molecular weight is 281 g/mol. The van der Waals surface area contributed by atoms with E-state index in [1.54, 1.807) is 0 Å². The molecule has 0 amide bonds. The van der Waals surface area contributed by atoms with Gasteiger partial charge in [-0.15, -0.1) is 0 Å². The molecule has 0 atom stereocenters. The maximum absolute atomic E-state index is 5.72. The summed E-state index contributed by atoms with van der Waals surface area (Å²) in [5.41, 5.74) is 2.41. The molecule has 1 heterocycles. The number of benzene rings is 2. The Bertz CT molecular complexity index is 608. The van der Waals surface area contributed by atoms with Gasteiger partial charge in [0.2, 0.25) is 0 Å². The van der Waals surface area contributed by atoms with E-state index < -0.39 is 0 Å². The van der Waals surface area contributed by atoms with Gasteiger partial charge in [-0.05, 0) is 29.8 Å². The lowest BCUT2D eigenvalue weighted by Gasteiger charge is -2.18. The maximum atomic E-state index is 5.72. The summed E-state index contributed by atoms with van der Waals surface area (Å²) >= 11 is 0.